The SMILES string of the molecule is [C-]#[N+]c1cc(COc2cc(OCc3cccc(-c4cccc(OCCCCl)c4C)c3C)c(Cl)cc2CN[C@@H](CCCCNC(=O)OC(C)(C)C)C(=O)OC)cc(C(=O)O)c1. The van der Waals surface area contributed by atoms with E-state index in [0.717, 1.165) is 40.0 Å². The summed E-state index contributed by atoms with van der Waals surface area (Å²) in [5.74, 6) is 0.411. The molecule has 0 heterocycles. The van der Waals surface area contributed by atoms with E-state index in [-0.39, 0.29) is 31.0 Å². The van der Waals surface area contributed by atoms with Gasteiger partial charge in [0, 0.05) is 36.2 Å². The van der Waals surface area contributed by atoms with Crippen molar-refractivity contribution < 1.29 is 43.2 Å². The summed E-state index contributed by atoms with van der Waals surface area (Å²) in [6.45, 7) is 18.0. The number of hydrogen-bond acceptors (Lipinski definition) is 9. The number of carbonyl (C=O) groups is 3. The van der Waals surface area contributed by atoms with Crippen molar-refractivity contribution in [3.05, 3.63) is 117 Å². The summed E-state index contributed by atoms with van der Waals surface area (Å²) >= 11 is 12.7. The molecule has 0 fully saturated rings. The number of nitrogens with one attached hydrogen (secondary N) is 2. The second-order valence-electron chi connectivity index (χ2n) is 15.1. The highest BCUT2D eigenvalue weighted by Gasteiger charge is 2.22. The number of rotatable bonds is 21. The van der Waals surface area contributed by atoms with Gasteiger partial charge >= 0.3 is 18.0 Å². The fourth-order valence-corrected chi connectivity index (χ4v) is 6.66. The maximum atomic E-state index is 12.8. The number of alkyl carbamates (subject to hydrolysis) is 1. The first-order valence-electron chi connectivity index (χ1n) is 19.6. The van der Waals surface area contributed by atoms with Crippen molar-refractivity contribution in [3.63, 3.8) is 0 Å². The summed E-state index contributed by atoms with van der Waals surface area (Å²) in [5.41, 5.74) is 5.63. The number of amides is 1. The van der Waals surface area contributed by atoms with E-state index in [4.69, 9.17) is 53.5 Å². The van der Waals surface area contributed by atoms with Gasteiger partial charge in [0.1, 0.15) is 42.1 Å². The fourth-order valence-electron chi connectivity index (χ4n) is 6.31. The molecule has 4 rings (SSSR count). The minimum Gasteiger partial charge on any atom is -0.493 e. The summed E-state index contributed by atoms with van der Waals surface area (Å²) in [7, 11) is 1.32. The van der Waals surface area contributed by atoms with Crippen molar-refractivity contribution in [1.82, 2.24) is 10.6 Å². The molecule has 0 aliphatic heterocycles. The Hall–Kier alpha value is -5.48. The number of carboxylic acids is 1. The molecule has 14 heteroatoms. The summed E-state index contributed by atoms with van der Waals surface area (Å²) in [5, 5.41) is 15.9. The number of alkyl halides is 1. The second kappa shape index (κ2) is 22.8. The molecule has 1 amide bonds. The third-order valence-electron chi connectivity index (χ3n) is 9.41. The predicted molar refractivity (Wildman–Crippen MR) is 233 cm³/mol. The highest BCUT2D eigenvalue weighted by atomic mass is 35.5. The zero-order valence-electron chi connectivity index (χ0n) is 34.9. The minimum absolute atomic E-state index is 0.0373. The van der Waals surface area contributed by atoms with Crippen molar-refractivity contribution in [2.24, 2.45) is 0 Å². The molecule has 0 aliphatic rings. The second-order valence-corrected chi connectivity index (χ2v) is 15.8. The number of esters is 1. The van der Waals surface area contributed by atoms with E-state index in [1.165, 1.54) is 19.2 Å². The van der Waals surface area contributed by atoms with Crippen LogP contribution in [0.15, 0.2) is 66.7 Å². The van der Waals surface area contributed by atoms with Crippen LogP contribution in [-0.4, -0.2) is 60.9 Å². The number of hydrogen-bond donors (Lipinski definition) is 3. The first-order chi connectivity index (χ1) is 28.6. The monoisotopic (exact) mass is 861 g/mol. The Morgan fingerprint density at radius 3 is 2.25 bits per heavy atom. The molecule has 0 spiro atoms. The first kappa shape index (κ1) is 47.2. The van der Waals surface area contributed by atoms with Gasteiger partial charge in [0.2, 0.25) is 0 Å². The summed E-state index contributed by atoms with van der Waals surface area (Å²) in [6.07, 6.45) is 1.85. The van der Waals surface area contributed by atoms with Crippen LogP contribution >= 0.6 is 23.2 Å². The molecule has 60 heavy (non-hydrogen) atoms. The van der Waals surface area contributed by atoms with E-state index in [1.54, 1.807) is 39.0 Å². The van der Waals surface area contributed by atoms with Crippen LogP contribution in [0, 0.1) is 20.4 Å². The molecule has 3 N–H and O–H groups in total. The smallest absolute Gasteiger partial charge is 0.407 e. The van der Waals surface area contributed by atoms with Crippen LogP contribution in [0.4, 0.5) is 10.5 Å². The molecule has 320 valence electrons. The molecule has 1 atom stereocenters. The quantitative estimate of drug-likeness (QED) is 0.0320. The lowest BCUT2D eigenvalue weighted by atomic mass is 9.93. The topological polar surface area (TPSA) is 146 Å². The molecule has 0 radical (unpaired) electrons. The molecular weight excluding hydrogens is 809 g/mol. The van der Waals surface area contributed by atoms with Crippen molar-refractivity contribution >= 4 is 46.9 Å². The van der Waals surface area contributed by atoms with E-state index in [9.17, 15) is 19.5 Å². The number of nitrogens with zero attached hydrogens (tertiary/aromatic N) is 1. The number of benzene rings is 4. The normalized spacial score (nSPS) is 11.6. The minimum atomic E-state index is -1.17. The number of carboxylic acid groups (broad SMARTS) is 1. The Labute approximate surface area is 362 Å². The van der Waals surface area contributed by atoms with Crippen LogP contribution in [0.1, 0.15) is 84.6 Å². The van der Waals surface area contributed by atoms with Gasteiger partial charge in [0.25, 0.3) is 0 Å². The number of ether oxygens (including phenoxy) is 5. The average Bonchev–Trinajstić information content (AvgIpc) is 3.21. The highest BCUT2D eigenvalue weighted by Crippen LogP contribution is 2.37. The van der Waals surface area contributed by atoms with Gasteiger partial charge in [-0.15, -0.1) is 11.6 Å². The predicted octanol–water partition coefficient (Wildman–Crippen LogP) is 10.4. The molecule has 0 saturated carbocycles. The molecule has 4 aromatic carbocycles. The first-order valence-corrected chi connectivity index (χ1v) is 20.5. The van der Waals surface area contributed by atoms with Crippen LogP contribution < -0.4 is 24.8 Å². The molecule has 4 aromatic rings. The zero-order chi connectivity index (χ0) is 43.8. The van der Waals surface area contributed by atoms with Crippen LogP contribution in [0.5, 0.6) is 17.2 Å². The molecule has 0 saturated heterocycles. The number of halogens is 2. The van der Waals surface area contributed by atoms with Gasteiger partial charge in [-0.1, -0.05) is 41.9 Å². The Morgan fingerprint density at radius 1 is 0.850 bits per heavy atom. The Bertz CT molecular complexity index is 2160. The van der Waals surface area contributed by atoms with Crippen LogP contribution in [0.3, 0.4) is 0 Å². The summed E-state index contributed by atoms with van der Waals surface area (Å²) < 4.78 is 29.0. The molecular formula is C46H53Cl2N3O9. The van der Waals surface area contributed by atoms with Crippen molar-refractivity contribution in [3.8, 4) is 28.4 Å². The van der Waals surface area contributed by atoms with Crippen molar-refractivity contribution in [2.75, 3.05) is 26.1 Å². The Balaban J connectivity index is 1.56. The number of carbonyl (C=O) groups excluding carboxylic acids is 2. The van der Waals surface area contributed by atoms with E-state index in [0.29, 0.717) is 65.9 Å². The Kier molecular flexibility index (Phi) is 17.9. The summed E-state index contributed by atoms with van der Waals surface area (Å²) in [6, 6.07) is 19.0. The van der Waals surface area contributed by atoms with E-state index in [2.05, 4.69) is 27.6 Å². The third kappa shape index (κ3) is 14.1. The van der Waals surface area contributed by atoms with Gasteiger partial charge in [-0.25, -0.2) is 14.4 Å². The van der Waals surface area contributed by atoms with Gasteiger partial charge in [-0.05, 0) is 124 Å². The van der Waals surface area contributed by atoms with Crippen LogP contribution in [0.25, 0.3) is 16.0 Å². The third-order valence-corrected chi connectivity index (χ3v) is 9.98. The van der Waals surface area contributed by atoms with Crippen molar-refractivity contribution in [1.29, 1.82) is 0 Å². The standard InChI is InChI=1S/C46H53Cl2N3O9/c1-29-32(13-10-14-36(29)37-15-11-17-40(30(37)2)57-20-12-18-47)28-59-42-25-41(58-27-31-21-33(43(52)53)23-35(22-31)49-6)34(24-38(42)48)26-51-39(44(54)56-7)16-8-9-19-50-45(55)60-46(3,4)5/h10-11,13-15,17,21-25,39,51H,8-9,12,16,18-20,26-28H2,1-5,7H3,(H,50,55)(H,52,53)/t39-/m0/s1. The van der Waals surface area contributed by atoms with Gasteiger partial charge in [0.05, 0.1) is 25.3 Å². The molecule has 12 nitrogen and oxygen atoms in total. The molecule has 0 aromatic heterocycles. The molecule has 0 bridgehead atoms. The van der Waals surface area contributed by atoms with E-state index >= 15 is 0 Å². The number of unbranched alkanes of at least 4 members (excludes halogenated alkanes) is 1. The lowest BCUT2D eigenvalue weighted by molar-refractivity contribution is -0.143. The van der Waals surface area contributed by atoms with Crippen molar-refractivity contribution in [2.45, 2.75) is 91.7 Å². The van der Waals surface area contributed by atoms with Gasteiger partial charge in [0.15, 0.2) is 5.69 Å². The average molecular weight is 863 g/mol. The fraction of sp³-hybridized carbons (Fsp3) is 0.391. The zero-order valence-corrected chi connectivity index (χ0v) is 36.4. The van der Waals surface area contributed by atoms with E-state index < -0.39 is 29.7 Å². The molecule has 0 unspecified atom stereocenters. The number of aromatic carboxylic acids is 1. The Morgan fingerprint density at radius 2 is 1.57 bits per heavy atom. The van der Waals surface area contributed by atoms with Gasteiger partial charge in [-0.2, -0.15) is 0 Å². The maximum absolute atomic E-state index is 12.8. The largest absolute Gasteiger partial charge is 0.493 e. The highest BCUT2D eigenvalue weighted by molar-refractivity contribution is 6.32. The van der Waals surface area contributed by atoms with E-state index in [1.807, 2.05) is 38.1 Å². The number of methoxy groups -OCH3 is 1. The van der Waals surface area contributed by atoms with Gasteiger partial charge < -0.3 is 39.4 Å². The maximum Gasteiger partial charge on any atom is 0.407 e. The summed E-state index contributed by atoms with van der Waals surface area (Å²) in [4.78, 5) is 40.1. The lowest BCUT2D eigenvalue weighted by Gasteiger charge is -2.21. The lowest BCUT2D eigenvalue weighted by Crippen LogP contribution is -2.37. The molecule has 0 aliphatic carbocycles. The van der Waals surface area contributed by atoms with Crippen LogP contribution in [-0.2, 0) is 34.0 Å². The van der Waals surface area contributed by atoms with Gasteiger partial charge in [-0.3, -0.25) is 4.79 Å². The van der Waals surface area contributed by atoms with Crippen LogP contribution in [0.2, 0.25) is 5.02 Å².